The van der Waals surface area contributed by atoms with Gasteiger partial charge in [0, 0.05) is 6.04 Å². The number of hydrogen-bond acceptors (Lipinski definition) is 5. The van der Waals surface area contributed by atoms with Gasteiger partial charge in [-0.1, -0.05) is 60.7 Å². The lowest BCUT2D eigenvalue weighted by Gasteiger charge is -2.26. The van der Waals surface area contributed by atoms with Crippen LogP contribution in [0.15, 0.2) is 60.7 Å². The number of carbonyl (C=O) groups excluding carboxylic acids is 2. The van der Waals surface area contributed by atoms with Gasteiger partial charge in [0.2, 0.25) is 0 Å². The maximum absolute atomic E-state index is 12.0. The highest BCUT2D eigenvalue weighted by atomic mass is 16.5. The second kappa shape index (κ2) is 11.1. The average Bonchev–Trinajstić information content (AvgIpc) is 2.67. The molecule has 0 aliphatic rings. The minimum atomic E-state index is -0.395. The molecule has 5 heteroatoms. The van der Waals surface area contributed by atoms with Crippen molar-refractivity contribution >= 4 is 11.9 Å². The van der Waals surface area contributed by atoms with E-state index in [0.717, 1.165) is 11.1 Å². The van der Waals surface area contributed by atoms with E-state index in [-0.39, 0.29) is 30.8 Å². The molecule has 0 spiro atoms. The third-order valence-electron chi connectivity index (χ3n) is 4.10. The Morgan fingerprint density at radius 1 is 0.778 bits per heavy atom. The first-order valence-corrected chi connectivity index (χ1v) is 9.31. The summed E-state index contributed by atoms with van der Waals surface area (Å²) in [7, 11) is 0. The van der Waals surface area contributed by atoms with Gasteiger partial charge in [-0.3, -0.25) is 9.59 Å². The van der Waals surface area contributed by atoms with Gasteiger partial charge in [-0.2, -0.15) is 0 Å². The normalized spacial score (nSPS) is 10.8. The summed E-state index contributed by atoms with van der Waals surface area (Å²) in [6, 6.07) is 19.4. The maximum atomic E-state index is 12.0. The van der Waals surface area contributed by atoms with Crippen molar-refractivity contribution in [1.82, 2.24) is 5.32 Å². The van der Waals surface area contributed by atoms with Gasteiger partial charge in [-0.25, -0.2) is 0 Å². The maximum Gasteiger partial charge on any atom is 0.307 e. The van der Waals surface area contributed by atoms with Gasteiger partial charge in [0.15, 0.2) is 0 Å². The molecule has 1 N–H and O–H groups in total. The molecule has 2 rings (SSSR count). The average molecular weight is 369 g/mol. The van der Waals surface area contributed by atoms with Crippen LogP contribution in [0, 0.1) is 0 Å². The van der Waals surface area contributed by atoms with Crippen LogP contribution in [-0.4, -0.2) is 31.2 Å². The zero-order chi connectivity index (χ0) is 19.5. The summed E-state index contributed by atoms with van der Waals surface area (Å²) in [5.74, 6) is -0.668. The van der Waals surface area contributed by atoms with Crippen LogP contribution in [0.2, 0.25) is 0 Å². The molecular formula is C22H27NO4. The Morgan fingerprint density at radius 2 is 1.19 bits per heavy atom. The van der Waals surface area contributed by atoms with Crippen molar-refractivity contribution in [2.24, 2.45) is 0 Å². The number of hydrogen-bond donors (Lipinski definition) is 1. The van der Waals surface area contributed by atoms with Crippen LogP contribution in [0.5, 0.6) is 0 Å². The molecule has 144 valence electrons. The largest absolute Gasteiger partial charge is 0.466 e. The van der Waals surface area contributed by atoms with Gasteiger partial charge in [0.05, 0.1) is 32.1 Å². The summed E-state index contributed by atoms with van der Waals surface area (Å²) in [5, 5.41) is 3.46. The number of ether oxygens (including phenoxy) is 2. The Labute approximate surface area is 160 Å². The number of benzene rings is 2. The van der Waals surface area contributed by atoms with Crippen molar-refractivity contribution in [1.29, 1.82) is 0 Å². The fourth-order valence-electron chi connectivity index (χ4n) is 2.94. The lowest BCUT2D eigenvalue weighted by Crippen LogP contribution is -2.37. The molecule has 0 saturated carbocycles. The quantitative estimate of drug-likeness (QED) is 0.648. The van der Waals surface area contributed by atoms with Crippen LogP contribution in [0.1, 0.15) is 43.9 Å². The molecule has 5 nitrogen and oxygen atoms in total. The van der Waals surface area contributed by atoms with E-state index in [0.29, 0.717) is 13.2 Å². The summed E-state index contributed by atoms with van der Waals surface area (Å²) >= 11 is 0. The zero-order valence-corrected chi connectivity index (χ0v) is 15.9. The zero-order valence-electron chi connectivity index (χ0n) is 15.9. The fraction of sp³-hybridized carbons (Fsp3) is 0.364. The smallest absolute Gasteiger partial charge is 0.307 e. The van der Waals surface area contributed by atoms with Crippen LogP contribution >= 0.6 is 0 Å². The molecule has 0 aliphatic carbocycles. The van der Waals surface area contributed by atoms with Crippen LogP contribution in [0.25, 0.3) is 0 Å². The van der Waals surface area contributed by atoms with E-state index in [1.54, 1.807) is 13.8 Å². The van der Waals surface area contributed by atoms with Crippen molar-refractivity contribution < 1.29 is 19.1 Å². The third-order valence-corrected chi connectivity index (χ3v) is 4.10. The lowest BCUT2D eigenvalue weighted by atomic mass is 9.96. The number of carbonyl (C=O) groups is 2. The van der Waals surface area contributed by atoms with Crippen LogP contribution in [-0.2, 0) is 19.1 Å². The Kier molecular flexibility index (Phi) is 8.52. The SMILES string of the molecule is CCOC(=O)CC(CC(=O)OCC)NC(c1ccccc1)c1ccccc1. The molecule has 27 heavy (non-hydrogen) atoms. The molecule has 0 atom stereocenters. The first-order valence-electron chi connectivity index (χ1n) is 9.31. The Bertz CT molecular complexity index is 643. The van der Waals surface area contributed by atoms with Gasteiger partial charge in [0.1, 0.15) is 0 Å². The first-order chi connectivity index (χ1) is 13.1. The van der Waals surface area contributed by atoms with Crippen molar-refractivity contribution in [3.63, 3.8) is 0 Å². The Balaban J connectivity index is 2.25. The van der Waals surface area contributed by atoms with Crippen LogP contribution < -0.4 is 5.32 Å². The number of nitrogens with one attached hydrogen (secondary N) is 1. The molecule has 0 heterocycles. The molecule has 0 saturated heterocycles. The fourth-order valence-corrected chi connectivity index (χ4v) is 2.94. The molecule has 0 fully saturated rings. The lowest BCUT2D eigenvalue weighted by molar-refractivity contribution is -0.145. The first kappa shape index (κ1) is 20.6. The van der Waals surface area contributed by atoms with E-state index >= 15 is 0 Å². The number of rotatable bonds is 10. The topological polar surface area (TPSA) is 64.6 Å². The van der Waals surface area contributed by atoms with Crippen molar-refractivity contribution in [2.45, 2.75) is 38.8 Å². The third kappa shape index (κ3) is 6.87. The van der Waals surface area contributed by atoms with Crippen molar-refractivity contribution in [2.75, 3.05) is 13.2 Å². The van der Waals surface area contributed by atoms with Gasteiger partial charge in [0.25, 0.3) is 0 Å². The summed E-state index contributed by atoms with van der Waals surface area (Å²) in [4.78, 5) is 24.1. The molecule has 0 unspecified atom stereocenters. The summed E-state index contributed by atoms with van der Waals surface area (Å²) in [5.41, 5.74) is 2.11. The van der Waals surface area contributed by atoms with Crippen LogP contribution in [0.3, 0.4) is 0 Å². The highest BCUT2D eigenvalue weighted by molar-refractivity contribution is 5.74. The monoisotopic (exact) mass is 369 g/mol. The Morgan fingerprint density at radius 3 is 1.56 bits per heavy atom. The van der Waals surface area contributed by atoms with Gasteiger partial charge in [-0.15, -0.1) is 0 Å². The van der Waals surface area contributed by atoms with E-state index in [1.807, 2.05) is 60.7 Å². The standard InChI is InChI=1S/C22H27NO4/c1-3-26-20(24)15-19(16-21(25)27-4-2)23-22(17-11-7-5-8-12-17)18-13-9-6-10-14-18/h5-14,19,22-23H,3-4,15-16H2,1-2H3. The molecule has 0 bridgehead atoms. The highest BCUT2D eigenvalue weighted by Gasteiger charge is 2.24. The number of esters is 2. The van der Waals surface area contributed by atoms with E-state index in [4.69, 9.17) is 9.47 Å². The van der Waals surface area contributed by atoms with Crippen LogP contribution in [0.4, 0.5) is 0 Å². The molecule has 0 radical (unpaired) electrons. The van der Waals surface area contributed by atoms with Crippen molar-refractivity contribution in [3.8, 4) is 0 Å². The van der Waals surface area contributed by atoms with E-state index in [1.165, 1.54) is 0 Å². The Hall–Kier alpha value is -2.66. The second-order valence-electron chi connectivity index (χ2n) is 6.14. The molecule has 0 aliphatic heterocycles. The highest BCUT2D eigenvalue weighted by Crippen LogP contribution is 2.23. The minimum Gasteiger partial charge on any atom is -0.466 e. The minimum absolute atomic E-state index is 0.100. The summed E-state index contributed by atoms with van der Waals surface area (Å²) in [6.45, 7) is 4.16. The molecule has 2 aromatic rings. The van der Waals surface area contributed by atoms with Gasteiger partial charge < -0.3 is 14.8 Å². The molecule has 0 amide bonds. The van der Waals surface area contributed by atoms with Gasteiger partial charge >= 0.3 is 11.9 Å². The summed E-state index contributed by atoms with van der Waals surface area (Å²) < 4.78 is 10.2. The summed E-state index contributed by atoms with van der Waals surface area (Å²) in [6.07, 6.45) is 0.200. The predicted molar refractivity (Wildman–Crippen MR) is 104 cm³/mol. The molecule has 2 aromatic carbocycles. The van der Waals surface area contributed by atoms with E-state index in [9.17, 15) is 9.59 Å². The molecule has 0 aromatic heterocycles. The van der Waals surface area contributed by atoms with E-state index < -0.39 is 6.04 Å². The molecular weight excluding hydrogens is 342 g/mol. The second-order valence-corrected chi connectivity index (χ2v) is 6.14. The van der Waals surface area contributed by atoms with E-state index in [2.05, 4.69) is 5.32 Å². The predicted octanol–water partition coefficient (Wildman–Crippen LogP) is 3.64. The van der Waals surface area contributed by atoms with Crippen molar-refractivity contribution in [3.05, 3.63) is 71.8 Å². The van der Waals surface area contributed by atoms with Gasteiger partial charge in [-0.05, 0) is 25.0 Å².